The number of carbonyl (C=O) groups excluding carboxylic acids is 1. The van der Waals surface area contributed by atoms with Gasteiger partial charge in [-0.2, -0.15) is 0 Å². The molecule has 0 radical (unpaired) electrons. The normalized spacial score (nSPS) is 12.6. The summed E-state index contributed by atoms with van der Waals surface area (Å²) in [6, 6.07) is 13.4. The van der Waals surface area contributed by atoms with Crippen LogP contribution in [0.4, 0.5) is 0 Å². The summed E-state index contributed by atoms with van der Waals surface area (Å²) >= 11 is 9.25. The first kappa shape index (κ1) is 19.9. The topological polar surface area (TPSA) is 75.3 Å². The van der Waals surface area contributed by atoms with Gasteiger partial charge in [0.15, 0.2) is 0 Å². The maximum atomic E-state index is 12.1. The van der Waals surface area contributed by atoms with Crippen molar-refractivity contribution in [3.63, 3.8) is 0 Å². The van der Waals surface area contributed by atoms with Crippen LogP contribution in [-0.4, -0.2) is 20.9 Å². The Morgan fingerprint density at radius 1 is 1.20 bits per heavy atom. The second kappa shape index (κ2) is 8.80. The Morgan fingerprint density at radius 2 is 1.92 bits per heavy atom. The molecule has 0 aliphatic rings. The van der Waals surface area contributed by atoms with Crippen LogP contribution in [0.15, 0.2) is 57.9 Å². The van der Waals surface area contributed by atoms with E-state index in [1.165, 1.54) is 12.1 Å². The first-order valence-corrected chi connectivity index (χ1v) is 10.2. The lowest BCUT2D eigenvalue weighted by Gasteiger charge is -2.16. The molecule has 134 valence electrons. The molecule has 1 unspecified atom stereocenters. The average Bonchev–Trinajstić information content (AvgIpc) is 2.55. The number of rotatable bonds is 7. The fraction of sp³-hybridized carbons (Fsp3) is 0.235. The van der Waals surface area contributed by atoms with E-state index in [1.807, 2.05) is 31.2 Å². The molecule has 0 bridgehead atoms. The number of benzene rings is 2. The van der Waals surface area contributed by atoms with Crippen molar-refractivity contribution in [1.82, 2.24) is 10.0 Å². The van der Waals surface area contributed by atoms with Crippen molar-refractivity contribution in [2.45, 2.75) is 24.3 Å². The number of nitrogens with one attached hydrogen (secondary N) is 2. The number of halogens is 2. The quantitative estimate of drug-likeness (QED) is 0.683. The van der Waals surface area contributed by atoms with Gasteiger partial charge in [0.1, 0.15) is 0 Å². The van der Waals surface area contributed by atoms with Gasteiger partial charge in [-0.3, -0.25) is 4.79 Å². The molecule has 0 fully saturated rings. The smallest absolute Gasteiger partial charge is 0.240 e. The molecule has 2 rings (SSSR count). The van der Waals surface area contributed by atoms with Gasteiger partial charge in [-0.15, -0.1) is 0 Å². The predicted molar refractivity (Wildman–Crippen MR) is 102 cm³/mol. The third-order valence-corrected chi connectivity index (χ3v) is 5.92. The molecule has 2 aromatic carbocycles. The van der Waals surface area contributed by atoms with E-state index < -0.39 is 10.0 Å². The molecule has 0 spiro atoms. The fourth-order valence-corrected chi connectivity index (χ4v) is 4.19. The van der Waals surface area contributed by atoms with Gasteiger partial charge in [0.25, 0.3) is 0 Å². The van der Waals surface area contributed by atoms with Gasteiger partial charge in [0.05, 0.1) is 10.9 Å². The highest BCUT2D eigenvalue weighted by molar-refractivity contribution is 9.10. The van der Waals surface area contributed by atoms with Crippen LogP contribution in [-0.2, 0) is 14.8 Å². The third kappa shape index (κ3) is 5.81. The zero-order valence-electron chi connectivity index (χ0n) is 13.5. The Morgan fingerprint density at radius 3 is 2.60 bits per heavy atom. The molecule has 0 saturated carbocycles. The predicted octanol–water partition coefficient (Wildman–Crippen LogP) is 3.65. The van der Waals surface area contributed by atoms with Crippen LogP contribution in [0.2, 0.25) is 5.02 Å². The monoisotopic (exact) mass is 444 g/mol. The van der Waals surface area contributed by atoms with E-state index in [1.54, 1.807) is 12.1 Å². The van der Waals surface area contributed by atoms with E-state index in [2.05, 4.69) is 26.0 Å². The molecule has 5 nitrogen and oxygen atoms in total. The molecule has 1 amide bonds. The SMILES string of the molecule is CC(NC(=O)CCNS(=O)(=O)c1cccc(Cl)c1)c1ccccc1Br. The first-order valence-electron chi connectivity index (χ1n) is 7.58. The van der Waals surface area contributed by atoms with Gasteiger partial charge in [-0.1, -0.05) is 51.8 Å². The number of sulfonamides is 1. The Kier molecular flexibility index (Phi) is 7.01. The van der Waals surface area contributed by atoms with Crippen LogP contribution < -0.4 is 10.0 Å². The Labute approximate surface area is 161 Å². The van der Waals surface area contributed by atoms with E-state index in [-0.39, 0.29) is 29.8 Å². The standard InChI is InChI=1S/C17H18BrClN2O3S/c1-12(15-7-2-3-8-16(15)18)21-17(22)9-10-20-25(23,24)14-6-4-5-13(19)11-14/h2-8,11-12,20H,9-10H2,1H3,(H,21,22). The largest absolute Gasteiger partial charge is 0.350 e. The molecular formula is C17H18BrClN2O3S. The summed E-state index contributed by atoms with van der Waals surface area (Å²) in [5.41, 5.74) is 0.954. The molecule has 0 aromatic heterocycles. The summed E-state index contributed by atoms with van der Waals surface area (Å²) in [4.78, 5) is 12.1. The van der Waals surface area contributed by atoms with Crippen molar-refractivity contribution in [2.75, 3.05) is 6.54 Å². The highest BCUT2D eigenvalue weighted by Crippen LogP contribution is 2.22. The fourth-order valence-electron chi connectivity index (χ4n) is 2.23. The summed E-state index contributed by atoms with van der Waals surface area (Å²) in [6.45, 7) is 1.87. The van der Waals surface area contributed by atoms with Crippen molar-refractivity contribution in [3.8, 4) is 0 Å². The Hall–Kier alpha value is -1.41. The van der Waals surface area contributed by atoms with E-state index in [9.17, 15) is 13.2 Å². The molecule has 0 aliphatic heterocycles. The molecular weight excluding hydrogens is 428 g/mol. The number of amides is 1. The van der Waals surface area contributed by atoms with E-state index in [4.69, 9.17) is 11.6 Å². The van der Waals surface area contributed by atoms with Gasteiger partial charge in [-0.05, 0) is 36.8 Å². The minimum Gasteiger partial charge on any atom is -0.350 e. The molecule has 0 aliphatic carbocycles. The summed E-state index contributed by atoms with van der Waals surface area (Å²) < 4.78 is 27.6. The van der Waals surface area contributed by atoms with Crippen molar-refractivity contribution < 1.29 is 13.2 Å². The molecule has 0 heterocycles. The maximum Gasteiger partial charge on any atom is 0.240 e. The van der Waals surface area contributed by atoms with Crippen LogP contribution in [0.1, 0.15) is 24.9 Å². The molecule has 25 heavy (non-hydrogen) atoms. The minimum atomic E-state index is -3.69. The van der Waals surface area contributed by atoms with Crippen LogP contribution in [0.3, 0.4) is 0 Å². The zero-order chi connectivity index (χ0) is 18.4. The summed E-state index contributed by atoms with van der Waals surface area (Å²) in [5, 5.41) is 3.18. The van der Waals surface area contributed by atoms with E-state index in [0.717, 1.165) is 10.0 Å². The average molecular weight is 446 g/mol. The lowest BCUT2D eigenvalue weighted by Crippen LogP contribution is -2.32. The van der Waals surface area contributed by atoms with Gasteiger partial charge < -0.3 is 5.32 Å². The van der Waals surface area contributed by atoms with Crippen LogP contribution in [0.25, 0.3) is 0 Å². The number of hydrogen-bond acceptors (Lipinski definition) is 3. The van der Waals surface area contributed by atoms with Gasteiger partial charge >= 0.3 is 0 Å². The van der Waals surface area contributed by atoms with Gasteiger partial charge in [-0.25, -0.2) is 13.1 Å². The third-order valence-electron chi connectivity index (χ3n) is 3.50. The second-order valence-electron chi connectivity index (χ2n) is 5.42. The van der Waals surface area contributed by atoms with Gasteiger partial charge in [0.2, 0.25) is 15.9 Å². The van der Waals surface area contributed by atoms with Crippen molar-refractivity contribution in [1.29, 1.82) is 0 Å². The minimum absolute atomic E-state index is 0.00333. The Balaban J connectivity index is 1.87. The van der Waals surface area contributed by atoms with Crippen LogP contribution >= 0.6 is 27.5 Å². The zero-order valence-corrected chi connectivity index (χ0v) is 16.7. The van der Waals surface area contributed by atoms with Crippen LogP contribution in [0, 0.1) is 0 Å². The molecule has 2 aromatic rings. The maximum absolute atomic E-state index is 12.1. The molecule has 0 saturated heterocycles. The lowest BCUT2D eigenvalue weighted by molar-refractivity contribution is -0.121. The van der Waals surface area contributed by atoms with Crippen molar-refractivity contribution >= 4 is 43.5 Å². The summed E-state index contributed by atoms with van der Waals surface area (Å²) in [6.07, 6.45) is 0.0363. The first-order chi connectivity index (χ1) is 11.8. The highest BCUT2D eigenvalue weighted by atomic mass is 79.9. The number of carbonyl (C=O) groups is 1. The van der Waals surface area contributed by atoms with E-state index in [0.29, 0.717) is 5.02 Å². The highest BCUT2D eigenvalue weighted by Gasteiger charge is 2.16. The summed E-state index contributed by atoms with van der Waals surface area (Å²) in [7, 11) is -3.69. The van der Waals surface area contributed by atoms with Gasteiger partial charge in [0, 0.05) is 22.5 Å². The van der Waals surface area contributed by atoms with Crippen molar-refractivity contribution in [3.05, 3.63) is 63.6 Å². The van der Waals surface area contributed by atoms with Crippen LogP contribution in [0.5, 0.6) is 0 Å². The summed E-state index contributed by atoms with van der Waals surface area (Å²) in [5.74, 6) is -0.239. The molecule has 2 N–H and O–H groups in total. The van der Waals surface area contributed by atoms with Crippen molar-refractivity contribution in [2.24, 2.45) is 0 Å². The Bertz CT molecular complexity index is 858. The second-order valence-corrected chi connectivity index (χ2v) is 8.47. The molecule has 1 atom stereocenters. The lowest BCUT2D eigenvalue weighted by atomic mass is 10.1. The molecule has 8 heteroatoms. The number of hydrogen-bond donors (Lipinski definition) is 2. The van der Waals surface area contributed by atoms with E-state index >= 15 is 0 Å².